The minimum atomic E-state index is 0.713. The van der Waals surface area contributed by atoms with Crippen LogP contribution in [0.15, 0.2) is 24.3 Å². The number of hydrogen-bond donors (Lipinski definition) is 1. The molecule has 0 radical (unpaired) electrons. The zero-order valence-corrected chi connectivity index (χ0v) is 11.2. The Morgan fingerprint density at radius 3 is 2.65 bits per heavy atom. The first-order valence-corrected chi connectivity index (χ1v) is 7.16. The van der Waals surface area contributed by atoms with E-state index in [0.29, 0.717) is 6.04 Å². The Bertz CT molecular complexity index is 335. The monoisotopic (exact) mass is 231 g/mol. The van der Waals surface area contributed by atoms with Crippen molar-refractivity contribution < 1.29 is 0 Å². The Morgan fingerprint density at radius 1 is 1.24 bits per heavy atom. The van der Waals surface area contributed by atoms with Crippen LogP contribution in [0.1, 0.15) is 56.6 Å². The minimum absolute atomic E-state index is 0.713. The normalized spacial score (nSPS) is 20.1. The lowest BCUT2D eigenvalue weighted by atomic mass is 9.87. The van der Waals surface area contributed by atoms with Crippen molar-refractivity contribution in [3.8, 4) is 0 Å². The highest BCUT2D eigenvalue weighted by molar-refractivity contribution is 5.31. The Balaban J connectivity index is 2.14. The van der Waals surface area contributed by atoms with Gasteiger partial charge in [-0.1, -0.05) is 38.1 Å². The van der Waals surface area contributed by atoms with E-state index < -0.39 is 0 Å². The van der Waals surface area contributed by atoms with Gasteiger partial charge >= 0.3 is 0 Å². The predicted molar refractivity (Wildman–Crippen MR) is 74.5 cm³/mol. The summed E-state index contributed by atoms with van der Waals surface area (Å²) in [4.78, 5) is 0. The molecule has 0 aromatic heterocycles. The van der Waals surface area contributed by atoms with E-state index in [1.807, 2.05) is 0 Å². The van der Waals surface area contributed by atoms with Crippen molar-refractivity contribution in [2.45, 2.75) is 57.9 Å². The summed E-state index contributed by atoms with van der Waals surface area (Å²) < 4.78 is 0. The summed E-state index contributed by atoms with van der Waals surface area (Å²) in [5.41, 5.74) is 3.16. The van der Waals surface area contributed by atoms with Gasteiger partial charge in [0.1, 0.15) is 0 Å². The molecule has 1 aromatic carbocycles. The molecule has 0 bridgehead atoms. The number of rotatable bonds is 5. The van der Waals surface area contributed by atoms with Crippen LogP contribution in [-0.2, 0) is 6.42 Å². The number of benzene rings is 1. The van der Waals surface area contributed by atoms with E-state index in [1.54, 1.807) is 11.1 Å². The second-order valence-corrected chi connectivity index (χ2v) is 5.21. The van der Waals surface area contributed by atoms with E-state index in [1.165, 1.54) is 38.6 Å². The van der Waals surface area contributed by atoms with Crippen LogP contribution in [0.4, 0.5) is 0 Å². The number of hydrogen-bond acceptors (Lipinski definition) is 1. The van der Waals surface area contributed by atoms with Crippen LogP contribution in [0, 0.1) is 0 Å². The SMILES string of the molecule is CCC(CC)c1ccccc1CC1CCCN1. The third kappa shape index (κ3) is 3.10. The van der Waals surface area contributed by atoms with Crippen molar-refractivity contribution >= 4 is 0 Å². The van der Waals surface area contributed by atoms with Crippen molar-refractivity contribution in [2.24, 2.45) is 0 Å². The van der Waals surface area contributed by atoms with Crippen molar-refractivity contribution in [2.75, 3.05) is 6.54 Å². The molecule has 1 N–H and O–H groups in total. The molecule has 0 spiro atoms. The molecule has 0 aliphatic carbocycles. The van der Waals surface area contributed by atoms with Crippen molar-refractivity contribution in [1.29, 1.82) is 0 Å². The molecular weight excluding hydrogens is 206 g/mol. The van der Waals surface area contributed by atoms with Gasteiger partial charge in [-0.25, -0.2) is 0 Å². The summed E-state index contributed by atoms with van der Waals surface area (Å²) >= 11 is 0. The van der Waals surface area contributed by atoms with E-state index in [9.17, 15) is 0 Å². The fourth-order valence-electron chi connectivity index (χ4n) is 3.04. The van der Waals surface area contributed by atoms with E-state index in [2.05, 4.69) is 43.4 Å². The summed E-state index contributed by atoms with van der Waals surface area (Å²) in [5.74, 6) is 0.743. The highest BCUT2D eigenvalue weighted by Crippen LogP contribution is 2.27. The van der Waals surface area contributed by atoms with Gasteiger partial charge in [-0.3, -0.25) is 0 Å². The fraction of sp³-hybridized carbons (Fsp3) is 0.625. The molecule has 1 aliphatic rings. The Morgan fingerprint density at radius 2 is 2.00 bits per heavy atom. The van der Waals surface area contributed by atoms with Crippen LogP contribution in [0.2, 0.25) is 0 Å². The van der Waals surface area contributed by atoms with Crippen molar-refractivity contribution in [3.05, 3.63) is 35.4 Å². The first-order chi connectivity index (χ1) is 8.35. The molecule has 94 valence electrons. The molecule has 1 aromatic rings. The summed E-state index contributed by atoms with van der Waals surface area (Å²) in [6.07, 6.45) is 6.42. The van der Waals surface area contributed by atoms with Gasteiger partial charge < -0.3 is 5.32 Å². The molecule has 1 aliphatic heterocycles. The maximum atomic E-state index is 3.61. The van der Waals surface area contributed by atoms with E-state index >= 15 is 0 Å². The highest BCUT2D eigenvalue weighted by Gasteiger charge is 2.18. The van der Waals surface area contributed by atoms with Gasteiger partial charge in [0.25, 0.3) is 0 Å². The second kappa shape index (κ2) is 6.20. The largest absolute Gasteiger partial charge is 0.314 e. The second-order valence-electron chi connectivity index (χ2n) is 5.21. The van der Waals surface area contributed by atoms with Gasteiger partial charge in [0, 0.05) is 6.04 Å². The van der Waals surface area contributed by atoms with Crippen LogP contribution in [0.3, 0.4) is 0 Å². The number of nitrogens with one attached hydrogen (secondary N) is 1. The van der Waals surface area contributed by atoms with Crippen molar-refractivity contribution in [3.63, 3.8) is 0 Å². The minimum Gasteiger partial charge on any atom is -0.314 e. The summed E-state index contributed by atoms with van der Waals surface area (Å²) in [5, 5.41) is 3.61. The van der Waals surface area contributed by atoms with Crippen molar-refractivity contribution in [1.82, 2.24) is 5.32 Å². The molecule has 1 saturated heterocycles. The van der Waals surface area contributed by atoms with Gasteiger partial charge in [0.2, 0.25) is 0 Å². The first kappa shape index (κ1) is 12.6. The van der Waals surface area contributed by atoms with Gasteiger partial charge in [-0.05, 0) is 55.7 Å². The van der Waals surface area contributed by atoms with Crippen LogP contribution in [-0.4, -0.2) is 12.6 Å². The van der Waals surface area contributed by atoms with Gasteiger partial charge in [0.15, 0.2) is 0 Å². The van der Waals surface area contributed by atoms with E-state index in [0.717, 1.165) is 5.92 Å². The topological polar surface area (TPSA) is 12.0 Å². The highest BCUT2D eigenvalue weighted by atomic mass is 14.9. The fourth-order valence-corrected chi connectivity index (χ4v) is 3.04. The molecule has 1 heteroatoms. The molecule has 1 fully saturated rings. The maximum Gasteiger partial charge on any atom is 0.0108 e. The molecular formula is C16H25N. The molecule has 1 nitrogen and oxygen atoms in total. The summed E-state index contributed by atoms with van der Waals surface area (Å²) in [6, 6.07) is 9.76. The van der Waals surface area contributed by atoms with Gasteiger partial charge in [0.05, 0.1) is 0 Å². The standard InChI is InChI=1S/C16H25N/c1-3-13(4-2)16-10-6-5-8-14(16)12-15-9-7-11-17-15/h5-6,8,10,13,15,17H,3-4,7,9,11-12H2,1-2H3. The van der Waals surface area contributed by atoms with Crippen LogP contribution in [0.5, 0.6) is 0 Å². The zero-order valence-electron chi connectivity index (χ0n) is 11.2. The third-order valence-electron chi connectivity index (χ3n) is 4.11. The van der Waals surface area contributed by atoms with E-state index in [4.69, 9.17) is 0 Å². The average molecular weight is 231 g/mol. The molecule has 1 heterocycles. The molecule has 1 unspecified atom stereocenters. The summed E-state index contributed by atoms with van der Waals surface area (Å²) in [6.45, 7) is 5.81. The smallest absolute Gasteiger partial charge is 0.0108 e. The third-order valence-corrected chi connectivity index (χ3v) is 4.11. The lowest BCUT2D eigenvalue weighted by Crippen LogP contribution is -2.24. The van der Waals surface area contributed by atoms with Gasteiger partial charge in [-0.2, -0.15) is 0 Å². The lowest BCUT2D eigenvalue weighted by Gasteiger charge is -2.19. The first-order valence-electron chi connectivity index (χ1n) is 7.16. The molecule has 2 rings (SSSR count). The molecule has 0 saturated carbocycles. The molecule has 0 amide bonds. The van der Waals surface area contributed by atoms with Gasteiger partial charge in [-0.15, -0.1) is 0 Å². The maximum absolute atomic E-state index is 3.61. The lowest BCUT2D eigenvalue weighted by molar-refractivity contribution is 0.584. The molecule has 1 atom stereocenters. The average Bonchev–Trinajstić information content (AvgIpc) is 2.86. The molecule has 17 heavy (non-hydrogen) atoms. The van der Waals surface area contributed by atoms with Crippen LogP contribution in [0.25, 0.3) is 0 Å². The quantitative estimate of drug-likeness (QED) is 0.811. The van der Waals surface area contributed by atoms with E-state index in [-0.39, 0.29) is 0 Å². The Kier molecular flexibility index (Phi) is 4.61. The van der Waals surface area contributed by atoms with Crippen LogP contribution >= 0.6 is 0 Å². The Labute approximate surface area is 106 Å². The zero-order chi connectivity index (χ0) is 12.1. The van der Waals surface area contributed by atoms with Crippen LogP contribution < -0.4 is 5.32 Å². The predicted octanol–water partition coefficient (Wildman–Crippen LogP) is 3.88. The Hall–Kier alpha value is -0.820. The summed E-state index contributed by atoms with van der Waals surface area (Å²) in [7, 11) is 0.